The first-order valence-electron chi connectivity index (χ1n) is 7.30. The topological polar surface area (TPSA) is 56.7 Å². The van der Waals surface area contributed by atoms with Crippen LogP contribution >= 0.6 is 24.0 Å². The molecule has 0 saturated heterocycles. The molecule has 0 unspecified atom stereocenters. The van der Waals surface area contributed by atoms with Gasteiger partial charge >= 0.3 is 0 Å². The Morgan fingerprint density at radius 2 is 2.00 bits per heavy atom. The van der Waals surface area contributed by atoms with Gasteiger partial charge in [-0.2, -0.15) is 0 Å². The highest BCUT2D eigenvalue weighted by molar-refractivity contribution is 14.0. The molecule has 0 aliphatic heterocycles. The number of amides is 1. The average molecular weight is 418 g/mol. The number of hydrogen-bond donors (Lipinski definition) is 2. The summed E-state index contributed by atoms with van der Waals surface area (Å²) in [7, 11) is 3.53. The lowest BCUT2D eigenvalue weighted by molar-refractivity contribution is -0.128. The second-order valence-corrected chi connectivity index (χ2v) is 5.15. The zero-order chi connectivity index (χ0) is 15.7. The summed E-state index contributed by atoms with van der Waals surface area (Å²) in [6.07, 6.45) is 0.460. The SMILES string of the molecule is CCNC(=NCc1cccc(C)c1)NCCC(=O)N(C)C.I. The smallest absolute Gasteiger partial charge is 0.223 e. The van der Waals surface area contributed by atoms with Crippen LogP contribution in [-0.2, 0) is 11.3 Å². The lowest BCUT2D eigenvalue weighted by Crippen LogP contribution is -2.39. The van der Waals surface area contributed by atoms with Gasteiger partial charge in [0, 0.05) is 33.6 Å². The molecule has 22 heavy (non-hydrogen) atoms. The third-order valence-electron chi connectivity index (χ3n) is 2.98. The van der Waals surface area contributed by atoms with E-state index in [1.807, 2.05) is 13.0 Å². The molecule has 2 N–H and O–H groups in total. The largest absolute Gasteiger partial charge is 0.357 e. The Labute approximate surface area is 150 Å². The van der Waals surface area contributed by atoms with Crippen molar-refractivity contribution >= 4 is 35.8 Å². The summed E-state index contributed by atoms with van der Waals surface area (Å²) in [6, 6.07) is 8.30. The second kappa shape index (κ2) is 11.3. The number of carbonyl (C=O) groups is 1. The summed E-state index contributed by atoms with van der Waals surface area (Å²) < 4.78 is 0. The van der Waals surface area contributed by atoms with Crippen LogP contribution in [0.1, 0.15) is 24.5 Å². The summed E-state index contributed by atoms with van der Waals surface area (Å²) in [4.78, 5) is 17.7. The molecule has 0 aliphatic rings. The van der Waals surface area contributed by atoms with Gasteiger partial charge < -0.3 is 15.5 Å². The van der Waals surface area contributed by atoms with Gasteiger partial charge in [-0.3, -0.25) is 4.79 Å². The summed E-state index contributed by atoms with van der Waals surface area (Å²) in [5, 5.41) is 6.37. The van der Waals surface area contributed by atoms with Crippen LogP contribution in [0.3, 0.4) is 0 Å². The molecule has 124 valence electrons. The van der Waals surface area contributed by atoms with Crippen molar-refractivity contribution in [3.05, 3.63) is 35.4 Å². The Bertz CT molecular complexity index is 489. The van der Waals surface area contributed by atoms with Crippen LogP contribution in [0, 0.1) is 6.92 Å². The van der Waals surface area contributed by atoms with Gasteiger partial charge in [0.1, 0.15) is 0 Å². The summed E-state index contributed by atoms with van der Waals surface area (Å²) in [5.74, 6) is 0.850. The first kappa shape index (κ1) is 20.7. The van der Waals surface area contributed by atoms with Gasteiger partial charge in [-0.15, -0.1) is 24.0 Å². The highest BCUT2D eigenvalue weighted by Crippen LogP contribution is 2.04. The minimum atomic E-state index is 0. The fourth-order valence-corrected chi connectivity index (χ4v) is 1.83. The number of hydrogen-bond acceptors (Lipinski definition) is 2. The van der Waals surface area contributed by atoms with Gasteiger partial charge in [-0.25, -0.2) is 4.99 Å². The maximum atomic E-state index is 11.5. The van der Waals surface area contributed by atoms with E-state index < -0.39 is 0 Å². The molecule has 0 fully saturated rings. The molecule has 1 rings (SSSR count). The number of guanidine groups is 1. The number of aliphatic imine (C=N–C) groups is 1. The van der Waals surface area contributed by atoms with Gasteiger partial charge in [0.05, 0.1) is 6.54 Å². The molecule has 1 aromatic carbocycles. The Hall–Kier alpha value is -1.31. The molecule has 0 heterocycles. The van der Waals surface area contributed by atoms with Gasteiger partial charge in [0.2, 0.25) is 5.91 Å². The maximum Gasteiger partial charge on any atom is 0.223 e. The van der Waals surface area contributed by atoms with E-state index in [2.05, 4.69) is 40.7 Å². The number of benzene rings is 1. The fourth-order valence-electron chi connectivity index (χ4n) is 1.83. The molecule has 0 aromatic heterocycles. The van der Waals surface area contributed by atoms with Crippen LogP contribution in [0.5, 0.6) is 0 Å². The zero-order valence-corrected chi connectivity index (χ0v) is 16.2. The van der Waals surface area contributed by atoms with Crippen molar-refractivity contribution in [2.45, 2.75) is 26.8 Å². The van der Waals surface area contributed by atoms with Crippen LogP contribution in [0.25, 0.3) is 0 Å². The molecule has 0 bridgehead atoms. The molecular weight excluding hydrogens is 391 g/mol. The van der Waals surface area contributed by atoms with Crippen LogP contribution in [-0.4, -0.2) is 44.0 Å². The average Bonchev–Trinajstić information content (AvgIpc) is 2.44. The fraction of sp³-hybridized carbons (Fsp3) is 0.500. The summed E-state index contributed by atoms with van der Waals surface area (Å²) >= 11 is 0. The van der Waals surface area contributed by atoms with Crippen LogP contribution in [0.4, 0.5) is 0 Å². The molecule has 0 spiro atoms. The van der Waals surface area contributed by atoms with E-state index in [4.69, 9.17) is 0 Å². The van der Waals surface area contributed by atoms with Crippen LogP contribution in [0.2, 0.25) is 0 Å². The summed E-state index contributed by atoms with van der Waals surface area (Å²) in [5.41, 5.74) is 2.41. The number of nitrogens with zero attached hydrogens (tertiary/aromatic N) is 2. The standard InChI is InChI=1S/C16H26N4O.HI/c1-5-17-16(18-10-9-15(21)20(3)4)19-12-14-8-6-7-13(2)11-14;/h6-8,11H,5,9-10,12H2,1-4H3,(H2,17,18,19);1H. The minimum absolute atomic E-state index is 0. The highest BCUT2D eigenvalue weighted by Gasteiger charge is 2.04. The summed E-state index contributed by atoms with van der Waals surface area (Å²) in [6.45, 7) is 6.09. The van der Waals surface area contributed by atoms with E-state index in [9.17, 15) is 4.79 Å². The van der Waals surface area contributed by atoms with Crippen molar-refractivity contribution < 1.29 is 4.79 Å². The van der Waals surface area contributed by atoms with Gasteiger partial charge in [-0.05, 0) is 19.4 Å². The minimum Gasteiger partial charge on any atom is -0.357 e. The van der Waals surface area contributed by atoms with E-state index >= 15 is 0 Å². The number of rotatable bonds is 6. The Kier molecular flexibility index (Phi) is 10.6. The third kappa shape index (κ3) is 8.21. The maximum absolute atomic E-state index is 11.5. The van der Waals surface area contributed by atoms with Gasteiger partial charge in [0.15, 0.2) is 5.96 Å². The predicted molar refractivity (Wildman–Crippen MR) is 103 cm³/mol. The highest BCUT2D eigenvalue weighted by atomic mass is 127. The quantitative estimate of drug-likeness (QED) is 0.423. The van der Waals surface area contributed by atoms with Crippen molar-refractivity contribution in [1.29, 1.82) is 0 Å². The van der Waals surface area contributed by atoms with Crippen molar-refractivity contribution in [3.8, 4) is 0 Å². The van der Waals surface area contributed by atoms with Crippen molar-refractivity contribution in [3.63, 3.8) is 0 Å². The monoisotopic (exact) mass is 418 g/mol. The van der Waals surface area contributed by atoms with Crippen molar-refractivity contribution in [1.82, 2.24) is 15.5 Å². The first-order chi connectivity index (χ1) is 10.0. The van der Waals surface area contributed by atoms with E-state index in [0.29, 0.717) is 19.5 Å². The van der Waals surface area contributed by atoms with Crippen LogP contribution < -0.4 is 10.6 Å². The number of aryl methyl sites for hydroxylation is 1. The molecule has 0 radical (unpaired) electrons. The molecular formula is C16H27IN4O. The molecule has 0 aliphatic carbocycles. The lowest BCUT2D eigenvalue weighted by Gasteiger charge is -2.13. The van der Waals surface area contributed by atoms with Crippen molar-refractivity contribution in [2.24, 2.45) is 4.99 Å². The Morgan fingerprint density at radius 1 is 1.27 bits per heavy atom. The molecule has 1 amide bonds. The second-order valence-electron chi connectivity index (χ2n) is 5.15. The molecule has 0 atom stereocenters. The van der Waals surface area contributed by atoms with Crippen LogP contribution in [0.15, 0.2) is 29.3 Å². The van der Waals surface area contributed by atoms with E-state index in [0.717, 1.165) is 12.5 Å². The normalized spacial score (nSPS) is 10.6. The molecule has 0 saturated carbocycles. The number of halogens is 1. The van der Waals surface area contributed by atoms with Gasteiger partial charge in [0.25, 0.3) is 0 Å². The van der Waals surface area contributed by atoms with E-state index in [1.54, 1.807) is 19.0 Å². The third-order valence-corrected chi connectivity index (χ3v) is 2.98. The zero-order valence-electron chi connectivity index (χ0n) is 13.8. The molecule has 1 aromatic rings. The van der Waals surface area contributed by atoms with Crippen molar-refractivity contribution in [2.75, 3.05) is 27.2 Å². The number of nitrogens with one attached hydrogen (secondary N) is 2. The molecule has 5 nitrogen and oxygen atoms in total. The number of carbonyl (C=O) groups excluding carboxylic acids is 1. The Balaban J connectivity index is 0.00000441. The predicted octanol–water partition coefficient (Wildman–Crippen LogP) is 2.15. The van der Waals surface area contributed by atoms with E-state index in [-0.39, 0.29) is 29.9 Å². The van der Waals surface area contributed by atoms with E-state index in [1.165, 1.54) is 11.1 Å². The molecule has 6 heteroatoms. The first-order valence-corrected chi connectivity index (χ1v) is 7.30. The lowest BCUT2D eigenvalue weighted by atomic mass is 10.1. The van der Waals surface area contributed by atoms with Gasteiger partial charge in [-0.1, -0.05) is 29.8 Å². The Morgan fingerprint density at radius 3 is 2.59 bits per heavy atom.